The molecule has 0 heterocycles. The van der Waals surface area contributed by atoms with Gasteiger partial charge in [-0.25, -0.2) is 4.21 Å². The summed E-state index contributed by atoms with van der Waals surface area (Å²) in [6.07, 6.45) is 1.37. The van der Waals surface area contributed by atoms with Crippen molar-refractivity contribution >= 4 is 21.5 Å². The lowest BCUT2D eigenvalue weighted by Gasteiger charge is -2.21. The molecule has 0 aromatic heterocycles. The zero-order valence-corrected chi connectivity index (χ0v) is 8.53. The van der Waals surface area contributed by atoms with Gasteiger partial charge in [0.15, 0.2) is 0 Å². The number of amides is 1. The maximum atomic E-state index is 11.3. The number of hydrogen-bond acceptors (Lipinski definition) is 3. The van der Waals surface area contributed by atoms with Crippen LogP contribution in [0.4, 0.5) is 0 Å². The first-order valence-corrected chi connectivity index (χ1v) is 5.67. The Kier molecular flexibility index (Phi) is 3.29. The molecule has 12 heavy (non-hydrogen) atoms. The predicted octanol–water partition coefficient (Wildman–Crippen LogP) is -0.651. The molecule has 0 fully saturated rings. The summed E-state index contributed by atoms with van der Waals surface area (Å²) in [5, 5.41) is 0. The number of hydrogen-bond donors (Lipinski definition) is 2. The molecule has 0 rings (SSSR count). The Labute approximate surface area is 73.7 Å². The molecule has 0 aromatic carbocycles. The van der Waals surface area contributed by atoms with Gasteiger partial charge in [-0.15, -0.1) is 0 Å². The van der Waals surface area contributed by atoms with Crippen molar-refractivity contribution in [3.63, 3.8) is 0 Å². The fourth-order valence-electron chi connectivity index (χ4n) is 0.427. The monoisotopic (exact) mass is 192 g/mol. The van der Waals surface area contributed by atoms with Gasteiger partial charge in [-0.05, 0) is 19.7 Å². The van der Waals surface area contributed by atoms with Crippen molar-refractivity contribution < 1.29 is 9.00 Å². The lowest BCUT2D eigenvalue weighted by Crippen LogP contribution is -2.43. The van der Waals surface area contributed by atoms with E-state index in [1.807, 2.05) is 0 Å². The molecule has 0 radical (unpaired) electrons. The average molecular weight is 192 g/mol. The Morgan fingerprint density at radius 3 is 2.33 bits per heavy atom. The highest BCUT2D eigenvalue weighted by Gasteiger charge is 2.26. The van der Waals surface area contributed by atoms with Crippen molar-refractivity contribution in [2.45, 2.75) is 13.8 Å². The Hall–Kier alpha value is -0.550. The first kappa shape index (κ1) is 11.4. The summed E-state index contributed by atoms with van der Waals surface area (Å²) in [4.78, 5) is 11.3. The maximum Gasteiger partial charge on any atom is 0.238 e. The first-order chi connectivity index (χ1) is 5.19. The zero-order valence-electron chi connectivity index (χ0n) is 7.72. The molecule has 1 atom stereocenters. The van der Waals surface area contributed by atoms with Gasteiger partial charge in [0.2, 0.25) is 5.91 Å². The summed E-state index contributed by atoms with van der Waals surface area (Å²) in [5.74, 6) is 2.99. The van der Waals surface area contributed by atoms with E-state index in [-0.39, 0.29) is 12.5 Å². The van der Waals surface area contributed by atoms with E-state index in [9.17, 15) is 9.00 Å². The van der Waals surface area contributed by atoms with Gasteiger partial charge in [-0.2, -0.15) is 0 Å². The summed E-state index contributed by atoms with van der Waals surface area (Å²) in [5.41, 5.74) is 4.67. The molecular formula is C7H16N2O2S. The van der Waals surface area contributed by atoms with Crippen LogP contribution in [0.5, 0.6) is 0 Å². The quantitative estimate of drug-likeness (QED) is 0.584. The SMILES string of the molecule is C=S(C)(=O)NC(=O)C(C)(C)CN. The highest BCUT2D eigenvalue weighted by Crippen LogP contribution is 2.12. The van der Waals surface area contributed by atoms with Gasteiger partial charge in [0, 0.05) is 22.5 Å². The molecule has 0 aliphatic heterocycles. The van der Waals surface area contributed by atoms with Crippen molar-refractivity contribution in [3.8, 4) is 0 Å². The second-order valence-corrected chi connectivity index (χ2v) is 5.74. The maximum absolute atomic E-state index is 11.3. The van der Waals surface area contributed by atoms with Crippen molar-refractivity contribution in [2.24, 2.45) is 11.1 Å². The summed E-state index contributed by atoms with van der Waals surface area (Å²) in [6, 6.07) is 0. The van der Waals surface area contributed by atoms with E-state index in [1.54, 1.807) is 13.8 Å². The molecule has 1 unspecified atom stereocenters. The van der Waals surface area contributed by atoms with E-state index in [0.717, 1.165) is 0 Å². The van der Waals surface area contributed by atoms with Crippen molar-refractivity contribution in [1.29, 1.82) is 0 Å². The van der Waals surface area contributed by atoms with E-state index in [1.165, 1.54) is 6.26 Å². The van der Waals surface area contributed by atoms with Crippen LogP contribution in [-0.4, -0.2) is 28.8 Å². The molecule has 0 aromatic rings. The minimum atomic E-state index is -2.47. The first-order valence-electron chi connectivity index (χ1n) is 3.53. The molecule has 0 spiro atoms. The standard InChI is InChI=1S/C7H16N2O2S/c1-7(2,5-8)6(10)9-12(3,4)11/h3,5,8H2,1-2,4H3,(H,9,10,11). The smallest absolute Gasteiger partial charge is 0.238 e. The Bertz CT molecular complexity index is 267. The molecule has 72 valence electrons. The minimum Gasteiger partial charge on any atom is -0.329 e. The molecule has 0 saturated carbocycles. The summed E-state index contributed by atoms with van der Waals surface area (Å²) in [7, 11) is -2.47. The van der Waals surface area contributed by atoms with Crippen LogP contribution in [0.3, 0.4) is 0 Å². The van der Waals surface area contributed by atoms with E-state index in [0.29, 0.717) is 0 Å². The molecule has 0 aliphatic rings. The second-order valence-electron chi connectivity index (χ2n) is 3.52. The van der Waals surface area contributed by atoms with Gasteiger partial charge in [-0.3, -0.25) is 9.52 Å². The van der Waals surface area contributed by atoms with Gasteiger partial charge in [-0.1, -0.05) is 0 Å². The normalized spacial score (nSPS) is 16.7. The van der Waals surface area contributed by atoms with Gasteiger partial charge in [0.1, 0.15) is 0 Å². The van der Waals surface area contributed by atoms with E-state index >= 15 is 0 Å². The summed E-state index contributed by atoms with van der Waals surface area (Å²) in [6.45, 7) is 3.59. The van der Waals surface area contributed by atoms with Crippen LogP contribution in [0.25, 0.3) is 0 Å². The fourth-order valence-corrected chi connectivity index (χ4v) is 1.10. The number of carbonyl (C=O) groups excluding carboxylic acids is 1. The molecule has 4 nitrogen and oxygen atoms in total. The number of carbonyl (C=O) groups is 1. The van der Waals surface area contributed by atoms with Crippen molar-refractivity contribution in [2.75, 3.05) is 12.8 Å². The van der Waals surface area contributed by atoms with Crippen LogP contribution in [0.15, 0.2) is 0 Å². The third-order valence-corrected chi connectivity index (χ3v) is 2.05. The van der Waals surface area contributed by atoms with Crippen LogP contribution in [0.2, 0.25) is 0 Å². The molecule has 1 amide bonds. The predicted molar refractivity (Wildman–Crippen MR) is 52.2 cm³/mol. The molecule has 3 N–H and O–H groups in total. The van der Waals surface area contributed by atoms with Gasteiger partial charge in [0.05, 0.1) is 5.41 Å². The van der Waals surface area contributed by atoms with Crippen LogP contribution < -0.4 is 10.5 Å². The average Bonchev–Trinajstić information content (AvgIpc) is 1.84. The topological polar surface area (TPSA) is 72.2 Å². The Morgan fingerprint density at radius 1 is 1.67 bits per heavy atom. The molecular weight excluding hydrogens is 176 g/mol. The molecule has 0 saturated heterocycles. The Morgan fingerprint density at radius 2 is 2.08 bits per heavy atom. The van der Waals surface area contributed by atoms with Gasteiger partial charge >= 0.3 is 0 Å². The van der Waals surface area contributed by atoms with Crippen molar-refractivity contribution in [3.05, 3.63) is 0 Å². The third-order valence-electron chi connectivity index (χ3n) is 1.43. The number of nitrogens with one attached hydrogen (secondary N) is 1. The van der Waals surface area contributed by atoms with Crippen LogP contribution >= 0.6 is 0 Å². The van der Waals surface area contributed by atoms with Crippen molar-refractivity contribution in [1.82, 2.24) is 4.72 Å². The summed E-state index contributed by atoms with van der Waals surface area (Å²) < 4.78 is 13.4. The van der Waals surface area contributed by atoms with Crippen LogP contribution in [0, 0.1) is 5.41 Å². The minimum absolute atomic E-state index is 0.217. The van der Waals surface area contributed by atoms with E-state index < -0.39 is 15.1 Å². The van der Waals surface area contributed by atoms with Crippen LogP contribution in [0.1, 0.15) is 13.8 Å². The van der Waals surface area contributed by atoms with E-state index in [2.05, 4.69) is 10.6 Å². The second kappa shape index (κ2) is 3.45. The number of rotatable bonds is 3. The lowest BCUT2D eigenvalue weighted by atomic mass is 9.93. The zero-order chi connectivity index (χ0) is 9.99. The molecule has 5 heteroatoms. The Balaban J connectivity index is 4.44. The van der Waals surface area contributed by atoms with E-state index in [4.69, 9.17) is 5.73 Å². The third kappa shape index (κ3) is 3.73. The van der Waals surface area contributed by atoms with Gasteiger partial charge in [0.25, 0.3) is 0 Å². The largest absolute Gasteiger partial charge is 0.329 e. The molecule has 0 bridgehead atoms. The van der Waals surface area contributed by atoms with Gasteiger partial charge < -0.3 is 5.73 Å². The lowest BCUT2D eigenvalue weighted by molar-refractivity contribution is -0.126. The summed E-state index contributed by atoms with van der Waals surface area (Å²) >= 11 is 0. The van der Waals surface area contributed by atoms with Crippen LogP contribution in [-0.2, 0) is 14.5 Å². The highest BCUT2D eigenvalue weighted by atomic mass is 32.2. The highest BCUT2D eigenvalue weighted by molar-refractivity contribution is 7.98. The number of nitrogens with two attached hydrogens (primary N) is 1. The molecule has 0 aliphatic carbocycles. The fraction of sp³-hybridized carbons (Fsp3) is 0.714.